The van der Waals surface area contributed by atoms with Crippen molar-refractivity contribution in [3.05, 3.63) is 27.7 Å². The summed E-state index contributed by atoms with van der Waals surface area (Å²) in [6.45, 7) is 24.0. The number of hydrogen-bond acceptors (Lipinski definition) is 0. The summed E-state index contributed by atoms with van der Waals surface area (Å²) < 4.78 is 0. The van der Waals surface area contributed by atoms with E-state index in [2.05, 4.69) is 55.4 Å². The van der Waals surface area contributed by atoms with Gasteiger partial charge in [0.05, 0.1) is 0 Å². The van der Waals surface area contributed by atoms with E-state index < -0.39 is 0 Å². The summed E-state index contributed by atoms with van der Waals surface area (Å²) in [6, 6.07) is 0. The quantitative estimate of drug-likeness (QED) is 0.486. The average Bonchev–Trinajstić information content (AvgIpc) is 2.19. The van der Waals surface area contributed by atoms with Crippen molar-refractivity contribution in [2.75, 3.05) is 0 Å². The van der Waals surface area contributed by atoms with Gasteiger partial charge in [0.1, 0.15) is 0 Å². The van der Waals surface area contributed by atoms with Gasteiger partial charge in [-0.1, -0.05) is 27.7 Å². The van der Waals surface area contributed by atoms with Gasteiger partial charge in [0.25, 0.3) is 0 Å². The molecular formula is C14H28Ti. The van der Waals surface area contributed by atoms with Gasteiger partial charge in [-0.3, -0.25) is 10.8 Å². The van der Waals surface area contributed by atoms with Gasteiger partial charge in [0, 0.05) is 0 Å². The summed E-state index contributed by atoms with van der Waals surface area (Å²) >= 11 is 0. The fourth-order valence-electron chi connectivity index (χ4n) is 0.500. The molecule has 0 aromatic carbocycles. The number of hydrogen-bond donors (Lipinski definition) is 0. The Hall–Kier alpha value is 0.714. The SMILES string of the molecule is [CH2-]C([CH2-])(CC)CC.[CH2-]C([CH2-])(CC)CC.[Ti+4]. The molecule has 0 spiro atoms. The van der Waals surface area contributed by atoms with Crippen molar-refractivity contribution in [1.29, 1.82) is 0 Å². The zero-order valence-corrected chi connectivity index (χ0v) is 12.7. The van der Waals surface area contributed by atoms with Crippen molar-refractivity contribution in [2.24, 2.45) is 10.8 Å². The van der Waals surface area contributed by atoms with Crippen LogP contribution in [0, 0.1) is 38.5 Å². The van der Waals surface area contributed by atoms with E-state index in [0.717, 1.165) is 25.7 Å². The van der Waals surface area contributed by atoms with Gasteiger partial charge in [-0.25, -0.2) is 0 Å². The zero-order chi connectivity index (χ0) is 11.8. The third-order valence-corrected chi connectivity index (χ3v) is 3.00. The number of rotatable bonds is 4. The molecule has 0 nitrogen and oxygen atoms in total. The molecule has 0 aromatic rings. The van der Waals surface area contributed by atoms with Gasteiger partial charge < -0.3 is 27.7 Å². The first kappa shape index (κ1) is 21.0. The van der Waals surface area contributed by atoms with E-state index in [4.69, 9.17) is 0 Å². The van der Waals surface area contributed by atoms with E-state index in [0.29, 0.717) is 0 Å². The van der Waals surface area contributed by atoms with Gasteiger partial charge >= 0.3 is 21.7 Å². The fraction of sp³-hybridized carbons (Fsp3) is 0.714. The van der Waals surface area contributed by atoms with Crippen LogP contribution in [0.4, 0.5) is 0 Å². The van der Waals surface area contributed by atoms with Crippen LogP contribution in [0.1, 0.15) is 53.4 Å². The van der Waals surface area contributed by atoms with E-state index in [-0.39, 0.29) is 32.5 Å². The minimum absolute atomic E-state index is 0. The monoisotopic (exact) mass is 244 g/mol. The summed E-state index contributed by atoms with van der Waals surface area (Å²) in [4.78, 5) is 0. The van der Waals surface area contributed by atoms with Gasteiger partial charge in [-0.2, -0.15) is 0 Å². The Morgan fingerprint density at radius 3 is 0.733 bits per heavy atom. The minimum Gasteiger partial charge on any atom is -0.367 e. The van der Waals surface area contributed by atoms with Gasteiger partial charge in [0.15, 0.2) is 0 Å². The Bertz CT molecular complexity index is 97.3. The van der Waals surface area contributed by atoms with Crippen molar-refractivity contribution in [2.45, 2.75) is 53.4 Å². The topological polar surface area (TPSA) is 0 Å². The molecular weight excluding hydrogens is 216 g/mol. The maximum Gasteiger partial charge on any atom is 4.00 e. The van der Waals surface area contributed by atoms with Crippen LogP contribution in [0.25, 0.3) is 0 Å². The molecule has 0 aliphatic heterocycles. The van der Waals surface area contributed by atoms with Crippen LogP contribution in [0.3, 0.4) is 0 Å². The molecule has 0 saturated carbocycles. The molecule has 0 N–H and O–H groups in total. The zero-order valence-electron chi connectivity index (χ0n) is 11.2. The molecule has 15 heavy (non-hydrogen) atoms. The van der Waals surface area contributed by atoms with E-state index >= 15 is 0 Å². The predicted molar refractivity (Wildman–Crippen MR) is 67.5 cm³/mol. The van der Waals surface area contributed by atoms with E-state index in [1.54, 1.807) is 0 Å². The summed E-state index contributed by atoms with van der Waals surface area (Å²) in [5.74, 6) is 0. The van der Waals surface area contributed by atoms with Crippen molar-refractivity contribution >= 4 is 0 Å². The second kappa shape index (κ2) is 9.91. The second-order valence-corrected chi connectivity index (χ2v) is 4.41. The molecule has 0 aliphatic rings. The van der Waals surface area contributed by atoms with Gasteiger partial charge in [0.2, 0.25) is 0 Å². The maximum atomic E-state index is 3.90. The summed E-state index contributed by atoms with van der Waals surface area (Å²) in [5.41, 5.74) is 0.167. The molecule has 0 aromatic heterocycles. The van der Waals surface area contributed by atoms with Crippen LogP contribution in [-0.2, 0) is 21.7 Å². The van der Waals surface area contributed by atoms with Crippen LogP contribution in [-0.4, -0.2) is 0 Å². The molecule has 0 bridgehead atoms. The molecule has 0 fully saturated rings. The van der Waals surface area contributed by atoms with Crippen molar-refractivity contribution in [1.82, 2.24) is 0 Å². The molecule has 0 unspecified atom stereocenters. The third kappa shape index (κ3) is 14.7. The van der Waals surface area contributed by atoms with Crippen molar-refractivity contribution in [3.8, 4) is 0 Å². The average molecular weight is 244 g/mol. The van der Waals surface area contributed by atoms with E-state index in [1.165, 1.54) is 0 Å². The first-order valence-corrected chi connectivity index (χ1v) is 5.66. The predicted octanol–water partition coefficient (Wildman–Crippen LogP) is 4.92. The summed E-state index contributed by atoms with van der Waals surface area (Å²) in [6.07, 6.45) is 4.29. The molecule has 0 radical (unpaired) electrons. The van der Waals surface area contributed by atoms with E-state index in [9.17, 15) is 0 Å². The molecule has 0 heterocycles. The molecule has 88 valence electrons. The van der Waals surface area contributed by atoms with Gasteiger partial charge in [-0.15, -0.1) is 25.7 Å². The first-order chi connectivity index (χ1) is 6.24. The third-order valence-electron chi connectivity index (χ3n) is 3.00. The Labute approximate surface area is 113 Å². The van der Waals surface area contributed by atoms with Crippen molar-refractivity contribution in [3.63, 3.8) is 0 Å². The Balaban J connectivity index is -0.000000180. The van der Waals surface area contributed by atoms with Crippen molar-refractivity contribution < 1.29 is 21.7 Å². The van der Waals surface area contributed by atoms with Crippen LogP contribution in [0.5, 0.6) is 0 Å². The van der Waals surface area contributed by atoms with Gasteiger partial charge in [-0.05, 0) is 0 Å². The summed E-state index contributed by atoms with van der Waals surface area (Å²) in [5, 5.41) is 0. The summed E-state index contributed by atoms with van der Waals surface area (Å²) in [7, 11) is 0. The van der Waals surface area contributed by atoms with Crippen LogP contribution >= 0.6 is 0 Å². The van der Waals surface area contributed by atoms with E-state index in [1.807, 2.05) is 0 Å². The molecule has 0 atom stereocenters. The molecule has 0 aliphatic carbocycles. The Kier molecular flexibility index (Phi) is 13.9. The standard InChI is InChI=1S/2C7H14.Ti/c2*1-5-7(3,4)6-2;/h2*3-6H2,1-2H3;/q2*-2;+4. The molecule has 0 amide bonds. The molecule has 0 rings (SSSR count). The molecule has 1 heteroatoms. The minimum atomic E-state index is 0. The largest absolute Gasteiger partial charge is 4.00 e. The maximum absolute atomic E-state index is 3.90. The smallest absolute Gasteiger partial charge is 0.367 e. The van der Waals surface area contributed by atoms with Crippen LogP contribution in [0.2, 0.25) is 0 Å². The fourth-order valence-corrected chi connectivity index (χ4v) is 0.500. The Morgan fingerprint density at radius 2 is 0.733 bits per heavy atom. The first-order valence-electron chi connectivity index (χ1n) is 5.66. The second-order valence-electron chi connectivity index (χ2n) is 4.41. The normalized spacial score (nSPS) is 11.2. The Morgan fingerprint density at radius 1 is 0.600 bits per heavy atom. The molecule has 0 saturated heterocycles. The van der Waals surface area contributed by atoms with Crippen LogP contribution in [0.15, 0.2) is 0 Å². The van der Waals surface area contributed by atoms with Crippen LogP contribution < -0.4 is 0 Å².